The highest BCUT2D eigenvalue weighted by Gasteiger charge is 2.30. The standard InChI is InChI=1S/C30H29ClN6O4S/c1-21-20-34(16-17-35(21)29(39)23-7-5-10-26(19-23)37(40)41)27(38)11-6-18-42-30-33-32-28(22-12-14-24(31)15-13-22)36(30)25-8-3-2-4-9-25/h2-5,7-10,12-15,19,21H,6,11,16-18,20H2,1H3. The first-order valence-electron chi connectivity index (χ1n) is 13.5. The second kappa shape index (κ2) is 13.2. The lowest BCUT2D eigenvalue weighted by Gasteiger charge is -2.40. The highest BCUT2D eigenvalue weighted by molar-refractivity contribution is 7.99. The number of thioether (sulfide) groups is 1. The lowest BCUT2D eigenvalue weighted by Crippen LogP contribution is -2.55. The number of piperazine rings is 1. The molecule has 1 aliphatic rings. The van der Waals surface area contributed by atoms with Crippen molar-refractivity contribution in [2.45, 2.75) is 31.0 Å². The number of para-hydroxylation sites is 1. The lowest BCUT2D eigenvalue weighted by atomic mass is 10.1. The third-order valence-corrected chi connectivity index (χ3v) is 8.33. The average Bonchev–Trinajstić information content (AvgIpc) is 3.43. The number of carbonyl (C=O) groups is 2. The summed E-state index contributed by atoms with van der Waals surface area (Å²) in [5.41, 5.74) is 1.99. The Morgan fingerprint density at radius 3 is 2.50 bits per heavy atom. The molecule has 0 radical (unpaired) electrons. The van der Waals surface area contributed by atoms with Gasteiger partial charge in [-0.25, -0.2) is 0 Å². The molecule has 4 aromatic rings. The van der Waals surface area contributed by atoms with E-state index in [1.165, 1.54) is 18.2 Å². The van der Waals surface area contributed by atoms with Crippen LogP contribution >= 0.6 is 23.4 Å². The first kappa shape index (κ1) is 29.3. The third kappa shape index (κ3) is 6.63. The molecule has 1 unspecified atom stereocenters. The Morgan fingerprint density at radius 2 is 1.79 bits per heavy atom. The minimum atomic E-state index is -0.515. The molecule has 1 saturated heterocycles. The second-order valence-electron chi connectivity index (χ2n) is 9.93. The molecular weight excluding hydrogens is 576 g/mol. The predicted octanol–water partition coefficient (Wildman–Crippen LogP) is 5.74. The summed E-state index contributed by atoms with van der Waals surface area (Å²) in [4.78, 5) is 40.1. The fourth-order valence-corrected chi connectivity index (χ4v) is 5.93. The molecule has 5 rings (SSSR count). The van der Waals surface area contributed by atoms with E-state index >= 15 is 0 Å². The maximum atomic E-state index is 13.0. The van der Waals surface area contributed by atoms with E-state index < -0.39 is 4.92 Å². The maximum Gasteiger partial charge on any atom is 0.270 e. The second-order valence-corrected chi connectivity index (χ2v) is 11.4. The van der Waals surface area contributed by atoms with Crippen LogP contribution in [0, 0.1) is 10.1 Å². The summed E-state index contributed by atoms with van der Waals surface area (Å²) in [5, 5.41) is 21.4. The van der Waals surface area contributed by atoms with Crippen molar-refractivity contribution in [1.29, 1.82) is 0 Å². The molecule has 3 aromatic carbocycles. The highest BCUT2D eigenvalue weighted by Crippen LogP contribution is 2.29. The Bertz CT molecular complexity index is 1580. The molecule has 42 heavy (non-hydrogen) atoms. The molecular formula is C30H29ClN6O4S. The van der Waals surface area contributed by atoms with Gasteiger partial charge in [0.25, 0.3) is 11.6 Å². The first-order chi connectivity index (χ1) is 20.3. The lowest BCUT2D eigenvalue weighted by molar-refractivity contribution is -0.384. The molecule has 2 amide bonds. The zero-order valence-electron chi connectivity index (χ0n) is 22.9. The van der Waals surface area contributed by atoms with Crippen molar-refractivity contribution in [1.82, 2.24) is 24.6 Å². The molecule has 1 aliphatic heterocycles. The predicted molar refractivity (Wildman–Crippen MR) is 162 cm³/mol. The minimum Gasteiger partial charge on any atom is -0.339 e. The monoisotopic (exact) mass is 604 g/mol. The van der Waals surface area contributed by atoms with Gasteiger partial charge in [-0.3, -0.25) is 24.3 Å². The van der Waals surface area contributed by atoms with Crippen LogP contribution in [0.5, 0.6) is 0 Å². The number of nitro benzene ring substituents is 1. The van der Waals surface area contributed by atoms with E-state index in [4.69, 9.17) is 11.6 Å². The zero-order chi connectivity index (χ0) is 29.6. The summed E-state index contributed by atoms with van der Waals surface area (Å²) in [5.74, 6) is 1.16. The van der Waals surface area contributed by atoms with E-state index in [2.05, 4.69) is 10.2 Å². The molecule has 0 saturated carbocycles. The summed E-state index contributed by atoms with van der Waals surface area (Å²) in [6, 6.07) is 22.9. The van der Waals surface area contributed by atoms with Gasteiger partial charge in [-0.2, -0.15) is 0 Å². The third-order valence-electron chi connectivity index (χ3n) is 7.06. The van der Waals surface area contributed by atoms with Gasteiger partial charge in [-0.15, -0.1) is 10.2 Å². The molecule has 216 valence electrons. The van der Waals surface area contributed by atoms with E-state index in [1.807, 2.05) is 66.1 Å². The Balaban J connectivity index is 1.17. The number of amides is 2. The number of aromatic nitrogens is 3. The van der Waals surface area contributed by atoms with Gasteiger partial charge < -0.3 is 9.80 Å². The fourth-order valence-electron chi connectivity index (χ4n) is 4.91. The van der Waals surface area contributed by atoms with Crippen molar-refractivity contribution in [3.63, 3.8) is 0 Å². The van der Waals surface area contributed by atoms with Crippen molar-refractivity contribution in [2.24, 2.45) is 0 Å². The Morgan fingerprint density at radius 1 is 1.02 bits per heavy atom. The van der Waals surface area contributed by atoms with Gasteiger partial charge in [0.15, 0.2) is 11.0 Å². The van der Waals surface area contributed by atoms with Crippen molar-refractivity contribution >= 4 is 40.9 Å². The van der Waals surface area contributed by atoms with Crippen LogP contribution in [0.15, 0.2) is 84.0 Å². The van der Waals surface area contributed by atoms with E-state index in [9.17, 15) is 19.7 Å². The van der Waals surface area contributed by atoms with E-state index in [-0.39, 0.29) is 29.1 Å². The largest absolute Gasteiger partial charge is 0.339 e. The summed E-state index contributed by atoms with van der Waals surface area (Å²) in [7, 11) is 0. The summed E-state index contributed by atoms with van der Waals surface area (Å²) in [6.07, 6.45) is 1.03. The van der Waals surface area contributed by atoms with Crippen molar-refractivity contribution in [2.75, 3.05) is 25.4 Å². The number of rotatable bonds is 9. The van der Waals surface area contributed by atoms with E-state index in [0.717, 1.165) is 16.4 Å². The van der Waals surface area contributed by atoms with Gasteiger partial charge in [0.2, 0.25) is 5.91 Å². The summed E-state index contributed by atoms with van der Waals surface area (Å²) < 4.78 is 2.01. The average molecular weight is 605 g/mol. The van der Waals surface area contributed by atoms with Gasteiger partial charge in [-0.1, -0.05) is 47.6 Å². The van der Waals surface area contributed by atoms with Crippen molar-refractivity contribution < 1.29 is 14.5 Å². The maximum absolute atomic E-state index is 13.0. The zero-order valence-corrected chi connectivity index (χ0v) is 24.5. The van der Waals surface area contributed by atoms with Crippen LogP contribution in [0.2, 0.25) is 5.02 Å². The van der Waals surface area contributed by atoms with Gasteiger partial charge in [-0.05, 0) is 55.8 Å². The SMILES string of the molecule is CC1CN(C(=O)CCCSc2nnc(-c3ccc(Cl)cc3)n2-c2ccccc2)CCN1C(=O)c1cccc([N+](=O)[O-])c1. The van der Waals surface area contributed by atoms with Gasteiger partial charge in [0, 0.05) is 71.8 Å². The number of hydrogen-bond donors (Lipinski definition) is 0. The van der Waals surface area contributed by atoms with Crippen molar-refractivity contribution in [3.05, 3.63) is 99.6 Å². The molecule has 0 spiro atoms. The molecule has 10 nitrogen and oxygen atoms in total. The van der Waals surface area contributed by atoms with Crippen LogP contribution in [-0.2, 0) is 4.79 Å². The van der Waals surface area contributed by atoms with Crippen LogP contribution in [0.1, 0.15) is 30.1 Å². The molecule has 2 heterocycles. The van der Waals surface area contributed by atoms with Gasteiger partial charge in [0.1, 0.15) is 0 Å². The number of hydrogen-bond acceptors (Lipinski definition) is 7. The van der Waals surface area contributed by atoms with Crippen LogP contribution < -0.4 is 0 Å². The highest BCUT2D eigenvalue weighted by atomic mass is 35.5. The van der Waals surface area contributed by atoms with Crippen LogP contribution in [0.25, 0.3) is 17.1 Å². The number of benzene rings is 3. The molecule has 0 N–H and O–H groups in total. The molecule has 1 aromatic heterocycles. The van der Waals surface area contributed by atoms with Crippen LogP contribution in [0.3, 0.4) is 0 Å². The van der Waals surface area contributed by atoms with E-state index in [0.29, 0.717) is 49.1 Å². The Kier molecular flexibility index (Phi) is 9.19. The van der Waals surface area contributed by atoms with Gasteiger partial charge in [0.05, 0.1) is 4.92 Å². The molecule has 12 heteroatoms. The normalized spacial score (nSPS) is 15.0. The summed E-state index contributed by atoms with van der Waals surface area (Å²) >= 11 is 7.63. The summed E-state index contributed by atoms with van der Waals surface area (Å²) in [6.45, 7) is 3.10. The smallest absolute Gasteiger partial charge is 0.270 e. The Labute approximate surface area is 252 Å². The number of non-ortho nitro benzene ring substituents is 1. The van der Waals surface area contributed by atoms with Crippen molar-refractivity contribution in [3.8, 4) is 17.1 Å². The minimum absolute atomic E-state index is 0.0382. The van der Waals surface area contributed by atoms with Crippen LogP contribution in [0.4, 0.5) is 5.69 Å². The number of halogens is 1. The molecule has 0 aliphatic carbocycles. The van der Waals surface area contributed by atoms with Crippen LogP contribution in [-0.4, -0.2) is 72.7 Å². The van der Waals surface area contributed by atoms with Gasteiger partial charge >= 0.3 is 0 Å². The fraction of sp³-hybridized carbons (Fsp3) is 0.267. The topological polar surface area (TPSA) is 114 Å². The number of carbonyl (C=O) groups excluding carboxylic acids is 2. The molecule has 1 atom stereocenters. The van der Waals surface area contributed by atoms with E-state index in [1.54, 1.807) is 27.6 Å². The quantitative estimate of drug-likeness (QED) is 0.104. The Hall–Kier alpha value is -4.22. The first-order valence-corrected chi connectivity index (χ1v) is 14.9. The number of nitro groups is 1. The molecule has 1 fully saturated rings. The number of nitrogens with zero attached hydrogens (tertiary/aromatic N) is 6. The molecule has 0 bridgehead atoms.